The molecule has 120 valence electrons. The molecule has 0 unspecified atom stereocenters. The summed E-state index contributed by atoms with van der Waals surface area (Å²) >= 11 is 0. The van der Waals surface area contributed by atoms with Crippen LogP contribution in [0.1, 0.15) is 18.1 Å². The summed E-state index contributed by atoms with van der Waals surface area (Å²) in [7, 11) is 0. The summed E-state index contributed by atoms with van der Waals surface area (Å²) in [5.74, 6) is -0.341. The van der Waals surface area contributed by atoms with Crippen molar-refractivity contribution in [3.63, 3.8) is 0 Å². The number of hydrogen-bond donors (Lipinski definition) is 2. The number of amides is 1. The molecule has 0 radical (unpaired) electrons. The number of allylic oxidation sites excluding steroid dienone is 1. The second kappa shape index (κ2) is 6.51. The van der Waals surface area contributed by atoms with Crippen LogP contribution in [0.25, 0.3) is 5.57 Å². The third kappa shape index (κ3) is 4.09. The van der Waals surface area contributed by atoms with Crippen LogP contribution in [0.5, 0.6) is 0 Å². The topological polar surface area (TPSA) is 68.0 Å². The van der Waals surface area contributed by atoms with Crippen LogP contribution in [0.4, 0.5) is 19.0 Å². The van der Waals surface area contributed by atoms with Crippen molar-refractivity contribution in [2.45, 2.75) is 13.1 Å². The quantitative estimate of drug-likeness (QED) is 0.851. The molecule has 0 spiro atoms. The van der Waals surface area contributed by atoms with Crippen LogP contribution in [0, 0.1) is 0 Å². The minimum absolute atomic E-state index is 0.0262. The van der Waals surface area contributed by atoms with Gasteiger partial charge in [0.05, 0.1) is 11.1 Å². The molecule has 3 N–H and O–H groups in total. The zero-order valence-corrected chi connectivity index (χ0v) is 12.2. The van der Waals surface area contributed by atoms with Gasteiger partial charge < -0.3 is 11.1 Å². The second-order valence-corrected chi connectivity index (χ2v) is 4.81. The van der Waals surface area contributed by atoms with E-state index in [1.165, 1.54) is 25.3 Å². The Bertz CT molecular complexity index is 736. The Balaban J connectivity index is 2.37. The van der Waals surface area contributed by atoms with Crippen molar-refractivity contribution in [2.75, 3.05) is 5.32 Å². The van der Waals surface area contributed by atoms with Crippen molar-refractivity contribution in [1.82, 2.24) is 4.98 Å². The third-order valence-electron chi connectivity index (χ3n) is 3.01. The standard InChI is InChI=1S/C16H14F3N3O/c1-10(20)14(15(23)22-13-7-2-3-8-21-13)11-5-4-6-12(9-11)16(17,18)19/h2-9H,20H2,1H3,(H,21,22,23)/b14-10-. The lowest BCUT2D eigenvalue weighted by Crippen LogP contribution is -2.18. The molecule has 1 aromatic heterocycles. The summed E-state index contributed by atoms with van der Waals surface area (Å²) in [6, 6.07) is 9.37. The summed E-state index contributed by atoms with van der Waals surface area (Å²) in [6.45, 7) is 1.45. The van der Waals surface area contributed by atoms with Crippen molar-refractivity contribution in [3.05, 3.63) is 65.5 Å². The predicted octanol–water partition coefficient (Wildman–Crippen LogP) is 3.43. The Labute approximate surface area is 130 Å². The summed E-state index contributed by atoms with van der Waals surface area (Å²) in [5, 5.41) is 2.51. The largest absolute Gasteiger partial charge is 0.416 e. The highest BCUT2D eigenvalue weighted by Gasteiger charge is 2.31. The van der Waals surface area contributed by atoms with Crippen LogP contribution in [-0.2, 0) is 11.0 Å². The van der Waals surface area contributed by atoms with Crippen LogP contribution in [0.3, 0.4) is 0 Å². The normalized spacial score (nSPS) is 12.5. The van der Waals surface area contributed by atoms with E-state index in [-0.39, 0.29) is 22.7 Å². The van der Waals surface area contributed by atoms with Gasteiger partial charge in [0.1, 0.15) is 5.82 Å². The fraction of sp³-hybridized carbons (Fsp3) is 0.125. The van der Waals surface area contributed by atoms with E-state index in [4.69, 9.17) is 5.73 Å². The van der Waals surface area contributed by atoms with Gasteiger partial charge in [-0.3, -0.25) is 4.79 Å². The fourth-order valence-corrected chi connectivity index (χ4v) is 2.00. The van der Waals surface area contributed by atoms with Crippen LogP contribution < -0.4 is 11.1 Å². The number of alkyl halides is 3. The number of pyridine rings is 1. The molecule has 2 rings (SSSR count). The molecule has 4 nitrogen and oxygen atoms in total. The van der Waals surface area contributed by atoms with Gasteiger partial charge in [0.25, 0.3) is 5.91 Å². The highest BCUT2D eigenvalue weighted by atomic mass is 19.4. The number of aromatic nitrogens is 1. The molecule has 23 heavy (non-hydrogen) atoms. The first-order valence-corrected chi connectivity index (χ1v) is 6.65. The smallest absolute Gasteiger partial charge is 0.402 e. The minimum atomic E-state index is -4.50. The molecule has 0 saturated heterocycles. The molecular formula is C16H14F3N3O. The van der Waals surface area contributed by atoms with Gasteiger partial charge in [-0.05, 0) is 36.8 Å². The Morgan fingerprint density at radius 2 is 1.91 bits per heavy atom. The first-order chi connectivity index (χ1) is 10.8. The van der Waals surface area contributed by atoms with Gasteiger partial charge in [0.2, 0.25) is 0 Å². The lowest BCUT2D eigenvalue weighted by molar-refractivity contribution is -0.137. The van der Waals surface area contributed by atoms with Crippen LogP contribution in [0.2, 0.25) is 0 Å². The Kier molecular flexibility index (Phi) is 4.68. The maximum absolute atomic E-state index is 12.8. The van der Waals surface area contributed by atoms with E-state index in [0.717, 1.165) is 12.1 Å². The molecule has 1 amide bonds. The van der Waals surface area contributed by atoms with E-state index in [0.29, 0.717) is 0 Å². The van der Waals surface area contributed by atoms with Gasteiger partial charge >= 0.3 is 6.18 Å². The van der Waals surface area contributed by atoms with E-state index >= 15 is 0 Å². The van der Waals surface area contributed by atoms with E-state index in [1.807, 2.05) is 0 Å². The molecule has 0 aliphatic rings. The van der Waals surface area contributed by atoms with E-state index in [9.17, 15) is 18.0 Å². The second-order valence-electron chi connectivity index (χ2n) is 4.81. The Morgan fingerprint density at radius 1 is 1.17 bits per heavy atom. The zero-order valence-electron chi connectivity index (χ0n) is 12.2. The number of carbonyl (C=O) groups is 1. The molecule has 0 fully saturated rings. The van der Waals surface area contributed by atoms with Gasteiger partial charge in [-0.1, -0.05) is 18.2 Å². The van der Waals surface area contributed by atoms with Gasteiger partial charge in [-0.25, -0.2) is 4.98 Å². The zero-order chi connectivity index (χ0) is 17.0. The number of nitrogens with two attached hydrogens (primary N) is 1. The predicted molar refractivity (Wildman–Crippen MR) is 81.1 cm³/mol. The highest BCUT2D eigenvalue weighted by Crippen LogP contribution is 2.31. The summed E-state index contributed by atoms with van der Waals surface area (Å²) in [4.78, 5) is 16.3. The highest BCUT2D eigenvalue weighted by molar-refractivity contribution is 6.25. The lowest BCUT2D eigenvalue weighted by Gasteiger charge is -2.13. The van der Waals surface area contributed by atoms with E-state index in [2.05, 4.69) is 10.3 Å². The number of carbonyl (C=O) groups excluding carboxylic acids is 1. The van der Waals surface area contributed by atoms with E-state index in [1.54, 1.807) is 18.2 Å². The summed E-state index contributed by atoms with van der Waals surface area (Å²) in [6.07, 6.45) is -3.01. The Morgan fingerprint density at radius 3 is 2.48 bits per heavy atom. The molecule has 0 atom stereocenters. The van der Waals surface area contributed by atoms with Crippen LogP contribution in [-0.4, -0.2) is 10.9 Å². The number of hydrogen-bond acceptors (Lipinski definition) is 3. The number of nitrogens with one attached hydrogen (secondary N) is 1. The van der Waals surface area contributed by atoms with Crippen molar-refractivity contribution < 1.29 is 18.0 Å². The SMILES string of the molecule is C/C(N)=C(/C(=O)Nc1ccccn1)c1cccc(C(F)(F)F)c1. The molecule has 1 heterocycles. The third-order valence-corrected chi connectivity index (χ3v) is 3.01. The summed E-state index contributed by atoms with van der Waals surface area (Å²) < 4.78 is 38.5. The number of rotatable bonds is 3. The van der Waals surface area contributed by atoms with Crippen molar-refractivity contribution >= 4 is 17.3 Å². The average Bonchev–Trinajstić information content (AvgIpc) is 2.47. The Hall–Kier alpha value is -2.83. The molecule has 0 aliphatic carbocycles. The monoisotopic (exact) mass is 321 g/mol. The van der Waals surface area contributed by atoms with Crippen LogP contribution in [0.15, 0.2) is 54.4 Å². The molecule has 2 aromatic rings. The molecule has 0 bridgehead atoms. The number of benzene rings is 1. The molecular weight excluding hydrogens is 307 g/mol. The van der Waals surface area contributed by atoms with Crippen molar-refractivity contribution in [1.29, 1.82) is 0 Å². The van der Waals surface area contributed by atoms with Gasteiger partial charge in [-0.2, -0.15) is 13.2 Å². The average molecular weight is 321 g/mol. The van der Waals surface area contributed by atoms with Crippen LogP contribution >= 0.6 is 0 Å². The molecule has 0 aliphatic heterocycles. The number of anilines is 1. The van der Waals surface area contributed by atoms with Crippen molar-refractivity contribution in [3.8, 4) is 0 Å². The van der Waals surface area contributed by atoms with Gasteiger partial charge in [-0.15, -0.1) is 0 Å². The first-order valence-electron chi connectivity index (χ1n) is 6.65. The minimum Gasteiger partial charge on any atom is -0.402 e. The molecule has 0 saturated carbocycles. The first kappa shape index (κ1) is 16.5. The molecule has 7 heteroatoms. The fourth-order valence-electron chi connectivity index (χ4n) is 2.00. The maximum Gasteiger partial charge on any atom is 0.416 e. The van der Waals surface area contributed by atoms with Gasteiger partial charge in [0, 0.05) is 11.9 Å². The van der Waals surface area contributed by atoms with Crippen molar-refractivity contribution in [2.24, 2.45) is 5.73 Å². The molecule has 1 aromatic carbocycles. The maximum atomic E-state index is 12.8. The number of nitrogens with zero attached hydrogens (tertiary/aromatic N) is 1. The number of halogens is 3. The summed E-state index contributed by atoms with van der Waals surface area (Å²) in [5.41, 5.74) is 5.03. The lowest BCUT2D eigenvalue weighted by atomic mass is 10.0. The van der Waals surface area contributed by atoms with Gasteiger partial charge in [0.15, 0.2) is 0 Å². The van der Waals surface area contributed by atoms with E-state index < -0.39 is 17.6 Å².